The van der Waals surface area contributed by atoms with Crippen molar-refractivity contribution < 1.29 is 4.79 Å². The molecule has 1 saturated heterocycles. The molecule has 6 heteroatoms. The highest BCUT2D eigenvalue weighted by Gasteiger charge is 2.24. The summed E-state index contributed by atoms with van der Waals surface area (Å²) in [6.45, 7) is 8.99. The summed E-state index contributed by atoms with van der Waals surface area (Å²) in [5, 5.41) is 3.41. The highest BCUT2D eigenvalue weighted by Crippen LogP contribution is 2.25. The van der Waals surface area contributed by atoms with Gasteiger partial charge in [0.1, 0.15) is 10.7 Å². The maximum Gasteiger partial charge on any atom is 0.273 e. The number of thiazole rings is 1. The number of amides is 1. The van der Waals surface area contributed by atoms with Crippen molar-refractivity contribution in [1.82, 2.24) is 14.8 Å². The van der Waals surface area contributed by atoms with Crippen LogP contribution >= 0.6 is 22.9 Å². The average Bonchev–Trinajstić information content (AvgIpc) is 3.05. The zero-order valence-corrected chi connectivity index (χ0v) is 15.6. The van der Waals surface area contributed by atoms with E-state index in [-0.39, 0.29) is 5.91 Å². The Morgan fingerprint density at radius 1 is 1.21 bits per heavy atom. The van der Waals surface area contributed by atoms with E-state index in [0.717, 1.165) is 43.3 Å². The fourth-order valence-electron chi connectivity index (χ4n) is 2.91. The van der Waals surface area contributed by atoms with Crippen molar-refractivity contribution in [3.8, 4) is 10.6 Å². The van der Waals surface area contributed by atoms with Gasteiger partial charge in [-0.2, -0.15) is 0 Å². The van der Waals surface area contributed by atoms with Crippen molar-refractivity contribution in [2.24, 2.45) is 5.92 Å². The molecule has 1 fully saturated rings. The Kier molecular flexibility index (Phi) is 5.54. The van der Waals surface area contributed by atoms with Crippen LogP contribution in [-0.4, -0.2) is 53.4 Å². The predicted octanol–water partition coefficient (Wildman–Crippen LogP) is 3.88. The molecule has 0 saturated carbocycles. The molecule has 1 aromatic heterocycles. The lowest BCUT2D eigenvalue weighted by Gasteiger charge is -2.35. The summed E-state index contributed by atoms with van der Waals surface area (Å²) in [5.74, 6) is 0.698. The average molecular weight is 364 g/mol. The van der Waals surface area contributed by atoms with Crippen LogP contribution in [0.5, 0.6) is 0 Å². The maximum atomic E-state index is 12.7. The van der Waals surface area contributed by atoms with Gasteiger partial charge in [0.15, 0.2) is 0 Å². The molecule has 0 radical (unpaired) electrons. The number of carbonyl (C=O) groups is 1. The van der Waals surface area contributed by atoms with Crippen molar-refractivity contribution in [2.75, 3.05) is 32.7 Å². The maximum absolute atomic E-state index is 12.7. The first-order valence-corrected chi connectivity index (χ1v) is 9.52. The van der Waals surface area contributed by atoms with Crippen LogP contribution in [0, 0.1) is 5.92 Å². The van der Waals surface area contributed by atoms with Crippen molar-refractivity contribution in [1.29, 1.82) is 0 Å². The lowest BCUT2D eigenvalue weighted by molar-refractivity contribution is 0.0619. The van der Waals surface area contributed by atoms with E-state index in [2.05, 4.69) is 23.7 Å². The van der Waals surface area contributed by atoms with Crippen LogP contribution in [0.1, 0.15) is 24.3 Å². The zero-order chi connectivity index (χ0) is 17.1. The lowest BCUT2D eigenvalue weighted by Crippen LogP contribution is -2.49. The highest BCUT2D eigenvalue weighted by atomic mass is 35.5. The molecule has 24 heavy (non-hydrogen) atoms. The second-order valence-electron chi connectivity index (χ2n) is 6.53. The smallest absolute Gasteiger partial charge is 0.273 e. The molecule has 4 nitrogen and oxygen atoms in total. The lowest BCUT2D eigenvalue weighted by atomic mass is 10.2. The van der Waals surface area contributed by atoms with Crippen molar-refractivity contribution >= 4 is 28.8 Å². The van der Waals surface area contributed by atoms with Gasteiger partial charge in [-0.25, -0.2) is 4.98 Å². The van der Waals surface area contributed by atoms with Crippen LogP contribution in [0.15, 0.2) is 29.6 Å². The van der Waals surface area contributed by atoms with Crippen LogP contribution < -0.4 is 0 Å². The van der Waals surface area contributed by atoms with Gasteiger partial charge in [-0.15, -0.1) is 11.3 Å². The quantitative estimate of drug-likeness (QED) is 0.827. The number of rotatable bonds is 4. The van der Waals surface area contributed by atoms with Crippen LogP contribution in [0.4, 0.5) is 0 Å². The van der Waals surface area contributed by atoms with Crippen molar-refractivity contribution in [2.45, 2.75) is 13.8 Å². The molecular weight excluding hydrogens is 342 g/mol. The molecule has 1 amide bonds. The number of carbonyl (C=O) groups excluding carboxylic acids is 1. The fourth-order valence-corrected chi connectivity index (χ4v) is 3.83. The van der Waals surface area contributed by atoms with Crippen LogP contribution in [0.2, 0.25) is 5.02 Å². The first kappa shape index (κ1) is 17.4. The molecule has 0 aliphatic carbocycles. The number of hydrogen-bond donors (Lipinski definition) is 0. The molecule has 3 rings (SSSR count). The third-order valence-electron chi connectivity index (χ3n) is 4.10. The number of halogens is 1. The minimum absolute atomic E-state index is 0.0376. The van der Waals surface area contributed by atoms with Gasteiger partial charge < -0.3 is 4.90 Å². The Hall–Kier alpha value is -1.43. The van der Waals surface area contributed by atoms with E-state index < -0.39 is 0 Å². The van der Waals surface area contributed by atoms with Crippen LogP contribution in [0.3, 0.4) is 0 Å². The van der Waals surface area contributed by atoms with Gasteiger partial charge in [0.2, 0.25) is 0 Å². The Balaban J connectivity index is 1.63. The molecule has 2 heterocycles. The highest BCUT2D eigenvalue weighted by molar-refractivity contribution is 7.13. The van der Waals surface area contributed by atoms with E-state index >= 15 is 0 Å². The third kappa shape index (κ3) is 4.15. The molecule has 1 aromatic carbocycles. The first-order valence-electron chi connectivity index (χ1n) is 8.26. The molecular formula is C18H22ClN3OS. The van der Waals surface area contributed by atoms with E-state index in [1.807, 2.05) is 34.5 Å². The Morgan fingerprint density at radius 2 is 1.88 bits per heavy atom. The molecule has 0 atom stereocenters. The first-order chi connectivity index (χ1) is 11.5. The molecule has 0 bridgehead atoms. The van der Waals surface area contributed by atoms with Crippen molar-refractivity contribution in [3.63, 3.8) is 0 Å². The molecule has 0 unspecified atom stereocenters. The number of benzene rings is 1. The summed E-state index contributed by atoms with van der Waals surface area (Å²) < 4.78 is 0. The third-order valence-corrected chi connectivity index (χ3v) is 5.24. The minimum atomic E-state index is 0.0376. The topological polar surface area (TPSA) is 36.4 Å². The monoisotopic (exact) mass is 363 g/mol. The molecule has 2 aromatic rings. The molecule has 128 valence electrons. The standard InChI is InChI=1S/C18H22ClN3OS/c1-13(2)11-21-7-9-22(10-8-21)18(23)16-12-24-17(20-16)14-3-5-15(19)6-4-14/h3-6,12-13H,7-11H2,1-2H3. The summed E-state index contributed by atoms with van der Waals surface area (Å²) in [7, 11) is 0. The molecule has 0 spiro atoms. The SMILES string of the molecule is CC(C)CN1CCN(C(=O)c2csc(-c3ccc(Cl)cc3)n2)CC1. The number of nitrogens with zero attached hydrogens (tertiary/aromatic N) is 3. The summed E-state index contributed by atoms with van der Waals surface area (Å²) in [4.78, 5) is 21.5. The van der Waals surface area contributed by atoms with E-state index in [0.29, 0.717) is 16.6 Å². The molecule has 1 aliphatic heterocycles. The van der Waals surface area contributed by atoms with Crippen LogP contribution in [0.25, 0.3) is 10.6 Å². The van der Waals surface area contributed by atoms with Gasteiger partial charge >= 0.3 is 0 Å². The minimum Gasteiger partial charge on any atom is -0.335 e. The van der Waals surface area contributed by atoms with Gasteiger partial charge in [0.25, 0.3) is 5.91 Å². The Morgan fingerprint density at radius 3 is 2.50 bits per heavy atom. The van der Waals surface area contributed by atoms with Gasteiger partial charge in [-0.1, -0.05) is 37.6 Å². The van der Waals surface area contributed by atoms with E-state index in [1.165, 1.54) is 11.3 Å². The second kappa shape index (κ2) is 7.64. The molecule has 1 aliphatic rings. The summed E-state index contributed by atoms with van der Waals surface area (Å²) in [6, 6.07) is 7.54. The number of piperazine rings is 1. The fraction of sp³-hybridized carbons (Fsp3) is 0.444. The van der Waals surface area contributed by atoms with E-state index in [4.69, 9.17) is 11.6 Å². The van der Waals surface area contributed by atoms with E-state index in [9.17, 15) is 4.79 Å². The Labute approximate surface area is 152 Å². The molecule has 0 N–H and O–H groups in total. The summed E-state index contributed by atoms with van der Waals surface area (Å²) >= 11 is 7.42. The predicted molar refractivity (Wildman–Crippen MR) is 99.7 cm³/mol. The van der Waals surface area contributed by atoms with E-state index in [1.54, 1.807) is 0 Å². The number of aromatic nitrogens is 1. The van der Waals surface area contributed by atoms with Gasteiger partial charge in [0.05, 0.1) is 0 Å². The van der Waals surface area contributed by atoms with Gasteiger partial charge in [-0.3, -0.25) is 9.69 Å². The second-order valence-corrected chi connectivity index (χ2v) is 7.83. The van der Waals surface area contributed by atoms with Crippen molar-refractivity contribution in [3.05, 3.63) is 40.4 Å². The van der Waals surface area contributed by atoms with Crippen LogP contribution in [-0.2, 0) is 0 Å². The Bertz CT molecular complexity index is 691. The summed E-state index contributed by atoms with van der Waals surface area (Å²) in [5.41, 5.74) is 1.53. The normalized spacial score (nSPS) is 15.9. The summed E-state index contributed by atoms with van der Waals surface area (Å²) in [6.07, 6.45) is 0. The zero-order valence-electron chi connectivity index (χ0n) is 14.0. The van der Waals surface area contributed by atoms with Gasteiger partial charge in [0, 0.05) is 48.7 Å². The van der Waals surface area contributed by atoms with Gasteiger partial charge in [-0.05, 0) is 18.1 Å². The largest absolute Gasteiger partial charge is 0.335 e. The number of hydrogen-bond acceptors (Lipinski definition) is 4.